The minimum Gasteiger partial charge on any atom is -0.506 e. The molecule has 2 aromatic rings. The van der Waals surface area contributed by atoms with E-state index in [1.807, 2.05) is 20.0 Å². The Hall–Kier alpha value is -1.63. The Bertz CT molecular complexity index is 589. The SMILES string of the molecule is CN[C@H](C)Cc1ccc2c(B(O)O)ccc(O)c2n1. The molecule has 0 saturated heterocycles. The predicted molar refractivity (Wildman–Crippen MR) is 75.5 cm³/mol. The molecule has 0 saturated carbocycles. The second-order valence-corrected chi connectivity index (χ2v) is 4.64. The number of nitrogens with one attached hydrogen (secondary N) is 1. The van der Waals surface area contributed by atoms with Crippen LogP contribution in [-0.2, 0) is 6.42 Å². The highest BCUT2D eigenvalue weighted by Crippen LogP contribution is 2.21. The van der Waals surface area contributed by atoms with Crippen LogP contribution in [0, 0.1) is 0 Å². The van der Waals surface area contributed by atoms with Gasteiger partial charge in [-0.25, -0.2) is 4.98 Å². The summed E-state index contributed by atoms with van der Waals surface area (Å²) in [6.07, 6.45) is 0.734. The van der Waals surface area contributed by atoms with Crippen LogP contribution in [0.1, 0.15) is 12.6 Å². The lowest BCUT2D eigenvalue weighted by molar-refractivity contribution is 0.426. The lowest BCUT2D eigenvalue weighted by Gasteiger charge is -2.12. The Kier molecular flexibility index (Phi) is 4.04. The Labute approximate surface area is 112 Å². The maximum Gasteiger partial charge on any atom is 0.489 e. The van der Waals surface area contributed by atoms with Gasteiger partial charge in [-0.3, -0.25) is 0 Å². The molecule has 0 aliphatic carbocycles. The van der Waals surface area contributed by atoms with Crippen LogP contribution in [-0.4, -0.2) is 40.3 Å². The topological polar surface area (TPSA) is 85.6 Å². The van der Waals surface area contributed by atoms with E-state index >= 15 is 0 Å². The molecular formula is C13H17BN2O3. The summed E-state index contributed by atoms with van der Waals surface area (Å²) in [7, 11) is 0.302. The predicted octanol–water partition coefficient (Wildman–Crippen LogP) is -0.229. The number of aromatic nitrogens is 1. The molecule has 0 spiro atoms. The lowest BCUT2D eigenvalue weighted by atomic mass is 9.77. The monoisotopic (exact) mass is 260 g/mol. The summed E-state index contributed by atoms with van der Waals surface area (Å²) in [5, 5.41) is 32.1. The van der Waals surface area contributed by atoms with Crippen LogP contribution in [0.15, 0.2) is 24.3 Å². The molecule has 4 N–H and O–H groups in total. The zero-order valence-electron chi connectivity index (χ0n) is 11.0. The van der Waals surface area contributed by atoms with E-state index in [1.165, 1.54) is 12.1 Å². The smallest absolute Gasteiger partial charge is 0.489 e. The summed E-state index contributed by atoms with van der Waals surface area (Å²) >= 11 is 0. The number of aromatic hydroxyl groups is 1. The van der Waals surface area contributed by atoms with Crippen molar-refractivity contribution in [3.8, 4) is 5.75 Å². The number of phenols is 1. The first-order chi connectivity index (χ1) is 9.02. The van der Waals surface area contributed by atoms with E-state index in [9.17, 15) is 15.2 Å². The number of pyridine rings is 1. The maximum absolute atomic E-state index is 9.85. The third-order valence-corrected chi connectivity index (χ3v) is 3.21. The normalized spacial score (nSPS) is 12.6. The third kappa shape index (κ3) is 2.86. The van der Waals surface area contributed by atoms with Gasteiger partial charge in [0, 0.05) is 23.5 Å². The minimum absolute atomic E-state index is 0.0401. The van der Waals surface area contributed by atoms with E-state index in [1.54, 1.807) is 6.07 Å². The zero-order valence-corrected chi connectivity index (χ0v) is 11.0. The van der Waals surface area contributed by atoms with E-state index < -0.39 is 7.12 Å². The minimum atomic E-state index is -1.58. The van der Waals surface area contributed by atoms with Gasteiger partial charge in [0.25, 0.3) is 0 Å². The highest BCUT2D eigenvalue weighted by Gasteiger charge is 2.17. The van der Waals surface area contributed by atoms with Gasteiger partial charge in [-0.15, -0.1) is 0 Å². The average molecular weight is 260 g/mol. The number of nitrogens with zero attached hydrogens (tertiary/aromatic N) is 1. The Morgan fingerprint density at radius 2 is 2.00 bits per heavy atom. The molecule has 1 heterocycles. The van der Waals surface area contributed by atoms with Crippen LogP contribution < -0.4 is 10.8 Å². The van der Waals surface area contributed by atoms with Gasteiger partial charge in [0.2, 0.25) is 0 Å². The van der Waals surface area contributed by atoms with Gasteiger partial charge in [0.15, 0.2) is 0 Å². The van der Waals surface area contributed by atoms with Gasteiger partial charge in [0.1, 0.15) is 11.3 Å². The van der Waals surface area contributed by atoms with Gasteiger partial charge in [-0.2, -0.15) is 0 Å². The van der Waals surface area contributed by atoms with Crippen LogP contribution in [0.3, 0.4) is 0 Å². The molecule has 0 bridgehead atoms. The summed E-state index contributed by atoms with van der Waals surface area (Å²) in [6.45, 7) is 2.04. The molecule has 0 unspecified atom stereocenters. The largest absolute Gasteiger partial charge is 0.506 e. The van der Waals surface area contributed by atoms with Gasteiger partial charge < -0.3 is 20.5 Å². The summed E-state index contributed by atoms with van der Waals surface area (Å²) in [4.78, 5) is 4.39. The molecule has 0 aliphatic rings. The highest BCUT2D eigenvalue weighted by atomic mass is 16.4. The van der Waals surface area contributed by atoms with Crippen molar-refractivity contribution in [1.29, 1.82) is 0 Å². The average Bonchev–Trinajstić information content (AvgIpc) is 2.39. The van der Waals surface area contributed by atoms with Crippen molar-refractivity contribution in [2.45, 2.75) is 19.4 Å². The number of benzene rings is 1. The van der Waals surface area contributed by atoms with Crippen molar-refractivity contribution < 1.29 is 15.2 Å². The lowest BCUT2D eigenvalue weighted by Crippen LogP contribution is -2.30. The van der Waals surface area contributed by atoms with Crippen molar-refractivity contribution in [2.75, 3.05) is 7.05 Å². The number of hydrogen-bond acceptors (Lipinski definition) is 5. The molecule has 19 heavy (non-hydrogen) atoms. The van der Waals surface area contributed by atoms with Crippen LogP contribution in [0.25, 0.3) is 10.9 Å². The van der Waals surface area contributed by atoms with E-state index in [2.05, 4.69) is 10.3 Å². The van der Waals surface area contributed by atoms with Gasteiger partial charge in [0.05, 0.1) is 0 Å². The molecule has 100 valence electrons. The highest BCUT2D eigenvalue weighted by molar-refractivity contribution is 6.62. The van der Waals surface area contributed by atoms with E-state index in [0.29, 0.717) is 16.4 Å². The van der Waals surface area contributed by atoms with Crippen molar-refractivity contribution >= 4 is 23.5 Å². The molecule has 0 fully saturated rings. The fourth-order valence-electron chi connectivity index (χ4n) is 2.02. The number of hydrogen-bond donors (Lipinski definition) is 4. The molecule has 1 aromatic heterocycles. The number of phenolic OH excluding ortho intramolecular Hbond substituents is 1. The molecule has 1 atom stereocenters. The maximum atomic E-state index is 9.85. The van der Waals surface area contributed by atoms with Crippen LogP contribution in [0.4, 0.5) is 0 Å². The quantitative estimate of drug-likeness (QED) is 0.571. The first kappa shape index (κ1) is 13.8. The summed E-state index contributed by atoms with van der Waals surface area (Å²) in [5.41, 5.74) is 1.58. The van der Waals surface area contributed by atoms with Crippen molar-refractivity contribution in [3.63, 3.8) is 0 Å². The van der Waals surface area contributed by atoms with E-state index in [-0.39, 0.29) is 11.8 Å². The second-order valence-electron chi connectivity index (χ2n) is 4.64. The summed E-state index contributed by atoms with van der Waals surface area (Å²) in [6, 6.07) is 6.78. The number of rotatable bonds is 4. The van der Waals surface area contributed by atoms with Gasteiger partial charge >= 0.3 is 7.12 Å². The summed E-state index contributed by atoms with van der Waals surface area (Å²) < 4.78 is 0. The molecule has 0 aliphatic heterocycles. The zero-order chi connectivity index (χ0) is 14.0. The van der Waals surface area contributed by atoms with Crippen LogP contribution in [0.5, 0.6) is 5.75 Å². The van der Waals surface area contributed by atoms with E-state index in [0.717, 1.165) is 12.1 Å². The fourth-order valence-corrected chi connectivity index (χ4v) is 2.02. The van der Waals surface area contributed by atoms with Gasteiger partial charge in [-0.1, -0.05) is 12.1 Å². The van der Waals surface area contributed by atoms with E-state index in [4.69, 9.17) is 0 Å². The first-order valence-electron chi connectivity index (χ1n) is 6.18. The molecule has 0 amide bonds. The molecule has 2 rings (SSSR count). The van der Waals surface area contributed by atoms with Crippen LogP contribution in [0.2, 0.25) is 0 Å². The second kappa shape index (κ2) is 5.56. The molecule has 6 heteroatoms. The Morgan fingerprint density at radius 3 is 2.63 bits per heavy atom. The van der Waals surface area contributed by atoms with Crippen molar-refractivity contribution in [3.05, 3.63) is 30.0 Å². The Balaban J connectivity index is 2.50. The van der Waals surface area contributed by atoms with Gasteiger partial charge in [-0.05, 0) is 31.6 Å². The number of likely N-dealkylation sites (N-methyl/N-ethyl adjacent to an activating group) is 1. The van der Waals surface area contributed by atoms with Crippen LogP contribution >= 0.6 is 0 Å². The summed E-state index contributed by atoms with van der Waals surface area (Å²) in [5.74, 6) is 0.0401. The third-order valence-electron chi connectivity index (χ3n) is 3.21. The first-order valence-corrected chi connectivity index (χ1v) is 6.18. The van der Waals surface area contributed by atoms with Crippen molar-refractivity contribution in [1.82, 2.24) is 10.3 Å². The Morgan fingerprint density at radius 1 is 1.26 bits per heavy atom. The standard InChI is InChI=1S/C13H17BN2O3/c1-8(15-2)7-9-3-4-10-11(14(18)19)5-6-12(17)13(10)16-9/h3-6,8,15,17-19H,7H2,1-2H3/t8-/m1/s1. The number of fused-ring (bicyclic) bond motifs is 1. The molecular weight excluding hydrogens is 243 g/mol. The molecule has 0 radical (unpaired) electrons. The molecule has 1 aromatic carbocycles. The van der Waals surface area contributed by atoms with Crippen molar-refractivity contribution in [2.24, 2.45) is 0 Å². The molecule has 5 nitrogen and oxygen atoms in total. The fraction of sp³-hybridized carbons (Fsp3) is 0.308.